The van der Waals surface area contributed by atoms with Gasteiger partial charge in [-0.3, -0.25) is 4.79 Å². The van der Waals surface area contributed by atoms with Crippen molar-refractivity contribution in [3.8, 4) is 0 Å². The zero-order valence-corrected chi connectivity index (χ0v) is 12.6. The molecule has 1 heterocycles. The van der Waals surface area contributed by atoms with Gasteiger partial charge in [0.1, 0.15) is 5.82 Å². The molecule has 0 radical (unpaired) electrons. The van der Waals surface area contributed by atoms with Crippen molar-refractivity contribution in [2.75, 3.05) is 19.4 Å². The molecule has 0 aromatic carbocycles. The number of nitrogens with zero attached hydrogens (tertiary/aromatic N) is 2. The standard InChI is InChI=1S/C15H25N3O/c1-6-12(7-2)11(3)17-14-9-8-13(10-16-14)15(19)18(4)5/h8-12H,6-7H2,1-5H3,(H,16,17). The van der Waals surface area contributed by atoms with Crippen LogP contribution in [0.1, 0.15) is 44.0 Å². The lowest BCUT2D eigenvalue weighted by Gasteiger charge is -2.23. The maximum atomic E-state index is 11.7. The molecule has 1 aromatic rings. The number of hydrogen-bond donors (Lipinski definition) is 1. The van der Waals surface area contributed by atoms with Crippen molar-refractivity contribution in [1.29, 1.82) is 0 Å². The summed E-state index contributed by atoms with van der Waals surface area (Å²) in [4.78, 5) is 17.6. The van der Waals surface area contributed by atoms with Crippen molar-refractivity contribution in [3.63, 3.8) is 0 Å². The van der Waals surface area contributed by atoms with E-state index in [1.807, 2.05) is 12.1 Å². The topological polar surface area (TPSA) is 45.2 Å². The molecule has 0 spiro atoms. The number of carbonyl (C=O) groups is 1. The molecule has 1 amide bonds. The molecule has 1 rings (SSSR count). The SMILES string of the molecule is CCC(CC)C(C)Nc1ccc(C(=O)N(C)C)cn1. The van der Waals surface area contributed by atoms with Gasteiger partial charge in [-0.05, 0) is 25.0 Å². The van der Waals surface area contributed by atoms with E-state index >= 15 is 0 Å². The fourth-order valence-corrected chi connectivity index (χ4v) is 2.21. The molecule has 1 atom stereocenters. The summed E-state index contributed by atoms with van der Waals surface area (Å²) >= 11 is 0. The van der Waals surface area contributed by atoms with Crippen LogP contribution in [0.3, 0.4) is 0 Å². The number of rotatable bonds is 6. The highest BCUT2D eigenvalue weighted by Gasteiger charge is 2.14. The minimum absolute atomic E-state index is 0.0212. The predicted molar refractivity (Wildman–Crippen MR) is 79.4 cm³/mol. The second-order valence-corrected chi connectivity index (χ2v) is 5.14. The van der Waals surface area contributed by atoms with Gasteiger partial charge in [0.15, 0.2) is 0 Å². The quantitative estimate of drug-likeness (QED) is 0.858. The van der Waals surface area contributed by atoms with Crippen molar-refractivity contribution in [2.24, 2.45) is 5.92 Å². The summed E-state index contributed by atoms with van der Waals surface area (Å²) in [7, 11) is 3.48. The summed E-state index contributed by atoms with van der Waals surface area (Å²) in [5, 5.41) is 3.40. The first-order chi connectivity index (χ1) is 8.99. The first-order valence-corrected chi connectivity index (χ1v) is 6.93. The van der Waals surface area contributed by atoms with E-state index in [0.717, 1.165) is 18.7 Å². The van der Waals surface area contributed by atoms with Crippen molar-refractivity contribution >= 4 is 11.7 Å². The van der Waals surface area contributed by atoms with Gasteiger partial charge in [0.25, 0.3) is 5.91 Å². The van der Waals surface area contributed by atoms with Crippen LogP contribution in [0.5, 0.6) is 0 Å². The van der Waals surface area contributed by atoms with Crippen LogP contribution in [-0.4, -0.2) is 35.9 Å². The third-order valence-corrected chi connectivity index (χ3v) is 3.55. The Hall–Kier alpha value is -1.58. The second-order valence-electron chi connectivity index (χ2n) is 5.14. The van der Waals surface area contributed by atoms with Gasteiger partial charge in [-0.25, -0.2) is 4.98 Å². The summed E-state index contributed by atoms with van der Waals surface area (Å²) in [6, 6.07) is 4.07. The van der Waals surface area contributed by atoms with E-state index in [4.69, 9.17) is 0 Å². The van der Waals surface area contributed by atoms with Gasteiger partial charge < -0.3 is 10.2 Å². The Bertz CT molecular complexity index is 396. The molecular formula is C15H25N3O. The molecule has 1 unspecified atom stereocenters. The van der Waals surface area contributed by atoms with Crippen molar-refractivity contribution in [3.05, 3.63) is 23.9 Å². The average molecular weight is 263 g/mol. The number of pyridine rings is 1. The van der Waals surface area contributed by atoms with Crippen LogP contribution >= 0.6 is 0 Å². The average Bonchev–Trinajstić information content (AvgIpc) is 2.40. The molecule has 4 heteroatoms. The summed E-state index contributed by atoms with van der Waals surface area (Å²) in [6.07, 6.45) is 3.94. The number of hydrogen-bond acceptors (Lipinski definition) is 3. The number of carbonyl (C=O) groups excluding carboxylic acids is 1. The Morgan fingerprint density at radius 2 is 1.95 bits per heavy atom. The molecule has 1 N–H and O–H groups in total. The highest BCUT2D eigenvalue weighted by Crippen LogP contribution is 2.17. The first kappa shape index (κ1) is 15.5. The molecular weight excluding hydrogens is 238 g/mol. The smallest absolute Gasteiger partial charge is 0.254 e. The number of aromatic nitrogens is 1. The van der Waals surface area contributed by atoms with Gasteiger partial charge in [-0.2, -0.15) is 0 Å². The van der Waals surface area contributed by atoms with E-state index in [0.29, 0.717) is 17.5 Å². The molecule has 0 fully saturated rings. The van der Waals surface area contributed by atoms with Crippen molar-refractivity contribution in [1.82, 2.24) is 9.88 Å². The lowest BCUT2D eigenvalue weighted by Crippen LogP contribution is -2.26. The third-order valence-electron chi connectivity index (χ3n) is 3.55. The third kappa shape index (κ3) is 4.23. The Morgan fingerprint density at radius 1 is 1.32 bits per heavy atom. The lowest BCUT2D eigenvalue weighted by molar-refractivity contribution is 0.0827. The van der Waals surface area contributed by atoms with Crippen LogP contribution in [-0.2, 0) is 0 Å². The highest BCUT2D eigenvalue weighted by molar-refractivity contribution is 5.93. The zero-order valence-electron chi connectivity index (χ0n) is 12.6. The molecule has 4 nitrogen and oxygen atoms in total. The summed E-state index contributed by atoms with van der Waals surface area (Å²) in [5.74, 6) is 1.45. The number of nitrogens with one attached hydrogen (secondary N) is 1. The molecule has 1 aromatic heterocycles. The minimum Gasteiger partial charge on any atom is -0.367 e. The Balaban J connectivity index is 2.69. The lowest BCUT2D eigenvalue weighted by atomic mass is 9.95. The van der Waals surface area contributed by atoms with E-state index in [1.165, 1.54) is 0 Å². The van der Waals surface area contributed by atoms with Crippen LogP contribution in [0.2, 0.25) is 0 Å². The van der Waals surface area contributed by atoms with E-state index in [1.54, 1.807) is 25.2 Å². The molecule has 19 heavy (non-hydrogen) atoms. The van der Waals surface area contributed by atoms with Crippen LogP contribution in [0.15, 0.2) is 18.3 Å². The normalized spacial score (nSPS) is 12.3. The predicted octanol–water partition coefficient (Wildman–Crippen LogP) is 3.02. The maximum absolute atomic E-state index is 11.7. The first-order valence-electron chi connectivity index (χ1n) is 6.93. The monoisotopic (exact) mass is 263 g/mol. The molecule has 0 saturated carbocycles. The summed E-state index contributed by atoms with van der Waals surface area (Å²) in [6.45, 7) is 6.59. The van der Waals surface area contributed by atoms with Gasteiger partial charge in [0.05, 0.1) is 5.56 Å². The zero-order chi connectivity index (χ0) is 14.4. The maximum Gasteiger partial charge on any atom is 0.254 e. The van der Waals surface area contributed by atoms with Crippen LogP contribution in [0, 0.1) is 5.92 Å². The van der Waals surface area contributed by atoms with Crippen LogP contribution < -0.4 is 5.32 Å². The van der Waals surface area contributed by atoms with Gasteiger partial charge >= 0.3 is 0 Å². The molecule has 0 bridgehead atoms. The van der Waals surface area contributed by atoms with Crippen molar-refractivity contribution in [2.45, 2.75) is 39.7 Å². The van der Waals surface area contributed by atoms with Crippen LogP contribution in [0.25, 0.3) is 0 Å². The number of anilines is 1. The largest absolute Gasteiger partial charge is 0.367 e. The van der Waals surface area contributed by atoms with E-state index in [9.17, 15) is 4.79 Å². The number of amides is 1. The summed E-state index contributed by atoms with van der Waals surface area (Å²) in [5.41, 5.74) is 0.616. The Kier molecular flexibility index (Phi) is 5.80. The van der Waals surface area contributed by atoms with Crippen LogP contribution in [0.4, 0.5) is 5.82 Å². The fraction of sp³-hybridized carbons (Fsp3) is 0.600. The van der Waals surface area contributed by atoms with E-state index in [2.05, 4.69) is 31.1 Å². The molecule has 106 valence electrons. The minimum atomic E-state index is -0.0212. The Labute approximate surface area is 116 Å². The fourth-order valence-electron chi connectivity index (χ4n) is 2.21. The molecule has 0 aliphatic carbocycles. The second kappa shape index (κ2) is 7.12. The summed E-state index contributed by atoms with van der Waals surface area (Å²) < 4.78 is 0. The Morgan fingerprint density at radius 3 is 2.37 bits per heavy atom. The van der Waals surface area contributed by atoms with Gasteiger partial charge in [0.2, 0.25) is 0 Å². The molecule has 0 saturated heterocycles. The van der Waals surface area contributed by atoms with Gasteiger partial charge in [-0.15, -0.1) is 0 Å². The molecule has 0 aliphatic heterocycles. The van der Waals surface area contributed by atoms with Gasteiger partial charge in [0, 0.05) is 26.3 Å². The van der Waals surface area contributed by atoms with E-state index in [-0.39, 0.29) is 5.91 Å². The van der Waals surface area contributed by atoms with Crippen molar-refractivity contribution < 1.29 is 4.79 Å². The molecule has 0 aliphatic rings. The van der Waals surface area contributed by atoms with E-state index < -0.39 is 0 Å². The highest BCUT2D eigenvalue weighted by atomic mass is 16.2. The van der Waals surface area contributed by atoms with Gasteiger partial charge in [-0.1, -0.05) is 26.7 Å².